The summed E-state index contributed by atoms with van der Waals surface area (Å²) in [6.45, 7) is 1.29. The molecule has 0 aromatic carbocycles. The topological polar surface area (TPSA) is 91.8 Å². The lowest BCUT2D eigenvalue weighted by Crippen LogP contribution is -2.43. The van der Waals surface area contributed by atoms with Crippen molar-refractivity contribution in [2.24, 2.45) is 0 Å². The fourth-order valence-electron chi connectivity index (χ4n) is 2.01. The van der Waals surface area contributed by atoms with Crippen molar-refractivity contribution in [2.75, 3.05) is 24.6 Å². The first-order valence-corrected chi connectivity index (χ1v) is 9.80. The van der Waals surface area contributed by atoms with E-state index in [1.165, 1.54) is 15.6 Å². The highest BCUT2D eigenvalue weighted by Gasteiger charge is 2.34. The van der Waals surface area contributed by atoms with Crippen molar-refractivity contribution in [1.82, 2.24) is 4.31 Å². The molecule has 6 nitrogen and oxygen atoms in total. The predicted octanol–water partition coefficient (Wildman–Crippen LogP) is -0.0321. The molecule has 0 radical (unpaired) electrons. The predicted molar refractivity (Wildman–Crippen MR) is 72.4 cm³/mol. The van der Waals surface area contributed by atoms with Crippen LogP contribution in [0.2, 0.25) is 0 Å². The largest absolute Gasteiger partial charge is 0.391 e. The van der Waals surface area contributed by atoms with Gasteiger partial charge >= 0.3 is 0 Å². The van der Waals surface area contributed by atoms with Crippen LogP contribution in [0.4, 0.5) is 0 Å². The molecule has 0 amide bonds. The molecule has 0 bridgehead atoms. The van der Waals surface area contributed by atoms with Gasteiger partial charge in [-0.15, -0.1) is 11.3 Å². The molecular formula is C10H15NO5S3. The number of sulfone groups is 1. The first kappa shape index (κ1) is 14.9. The molecule has 19 heavy (non-hydrogen) atoms. The average molecular weight is 325 g/mol. The Kier molecular flexibility index (Phi) is 4.03. The van der Waals surface area contributed by atoms with Crippen LogP contribution in [0.3, 0.4) is 0 Å². The zero-order valence-electron chi connectivity index (χ0n) is 10.4. The Morgan fingerprint density at radius 3 is 2.47 bits per heavy atom. The van der Waals surface area contributed by atoms with Crippen molar-refractivity contribution in [3.63, 3.8) is 0 Å². The Balaban J connectivity index is 2.36. The molecule has 2 heterocycles. The molecule has 1 N–H and O–H groups in total. The maximum atomic E-state index is 12.5. The molecule has 0 saturated carbocycles. The highest BCUT2D eigenvalue weighted by Crippen LogP contribution is 2.30. The maximum Gasteiger partial charge on any atom is 0.244 e. The number of nitrogens with zero attached hydrogens (tertiary/aromatic N) is 1. The van der Waals surface area contributed by atoms with Crippen LogP contribution in [0, 0.1) is 6.92 Å². The van der Waals surface area contributed by atoms with Crippen LogP contribution in [0.1, 0.15) is 10.4 Å². The van der Waals surface area contributed by atoms with Gasteiger partial charge in [0.25, 0.3) is 0 Å². The van der Waals surface area contributed by atoms with E-state index in [4.69, 9.17) is 0 Å². The molecular weight excluding hydrogens is 310 g/mol. The van der Waals surface area contributed by atoms with Gasteiger partial charge in [-0.05, 0) is 17.9 Å². The minimum Gasteiger partial charge on any atom is -0.391 e. The molecule has 0 spiro atoms. The second kappa shape index (κ2) is 5.13. The van der Waals surface area contributed by atoms with Crippen LogP contribution in [0.15, 0.2) is 10.3 Å². The van der Waals surface area contributed by atoms with Crippen LogP contribution in [0.5, 0.6) is 0 Å². The normalized spacial score (nSPS) is 20.5. The summed E-state index contributed by atoms with van der Waals surface area (Å²) in [7, 11) is -6.85. The highest BCUT2D eigenvalue weighted by molar-refractivity contribution is 7.92. The number of sulfonamides is 1. The van der Waals surface area contributed by atoms with E-state index in [0.717, 1.165) is 0 Å². The molecule has 0 aliphatic carbocycles. The van der Waals surface area contributed by atoms with Gasteiger partial charge in [-0.2, -0.15) is 4.31 Å². The highest BCUT2D eigenvalue weighted by atomic mass is 32.2. The van der Waals surface area contributed by atoms with Crippen molar-refractivity contribution in [1.29, 1.82) is 0 Å². The van der Waals surface area contributed by atoms with Crippen molar-refractivity contribution >= 4 is 31.2 Å². The third-order valence-electron chi connectivity index (χ3n) is 3.03. The number of hydrogen-bond donors (Lipinski definition) is 1. The van der Waals surface area contributed by atoms with Crippen LogP contribution < -0.4 is 0 Å². The summed E-state index contributed by atoms with van der Waals surface area (Å²) in [5.74, 6) is -0.298. The monoisotopic (exact) mass is 325 g/mol. The lowest BCUT2D eigenvalue weighted by atomic mass is 10.3. The second-order valence-corrected chi connectivity index (χ2v) is 9.53. The van der Waals surface area contributed by atoms with Gasteiger partial charge in [0, 0.05) is 13.1 Å². The fraction of sp³-hybridized carbons (Fsp3) is 0.600. The Morgan fingerprint density at radius 2 is 1.95 bits per heavy atom. The average Bonchev–Trinajstić information content (AvgIpc) is 2.70. The van der Waals surface area contributed by atoms with Crippen molar-refractivity contribution < 1.29 is 21.9 Å². The quantitative estimate of drug-likeness (QED) is 0.842. The zero-order valence-corrected chi connectivity index (χ0v) is 12.8. The number of aryl methyl sites for hydroxylation is 1. The number of hydrogen-bond acceptors (Lipinski definition) is 6. The van der Waals surface area contributed by atoms with Gasteiger partial charge in [0.15, 0.2) is 9.84 Å². The van der Waals surface area contributed by atoms with Gasteiger partial charge in [-0.3, -0.25) is 0 Å². The van der Waals surface area contributed by atoms with E-state index in [-0.39, 0.29) is 36.1 Å². The molecule has 1 aromatic heterocycles. The van der Waals surface area contributed by atoms with E-state index in [1.54, 1.807) is 12.3 Å². The molecule has 1 aliphatic rings. The summed E-state index contributed by atoms with van der Waals surface area (Å²) in [6, 6.07) is 0. The summed E-state index contributed by atoms with van der Waals surface area (Å²) >= 11 is 1.19. The molecule has 108 valence electrons. The molecule has 0 atom stereocenters. The molecule has 2 rings (SSSR count). The lowest BCUT2D eigenvalue weighted by molar-refractivity contribution is 0.282. The summed E-state index contributed by atoms with van der Waals surface area (Å²) in [4.78, 5) is 0.519. The Hall–Kier alpha value is -0.480. The van der Waals surface area contributed by atoms with E-state index in [2.05, 4.69) is 0 Å². The first-order chi connectivity index (χ1) is 8.78. The van der Waals surface area contributed by atoms with Gasteiger partial charge in [0.1, 0.15) is 4.90 Å². The number of aliphatic hydroxyl groups is 1. The Bertz CT molecular complexity index is 660. The smallest absolute Gasteiger partial charge is 0.244 e. The fourth-order valence-corrected chi connectivity index (χ4v) is 6.49. The van der Waals surface area contributed by atoms with E-state index >= 15 is 0 Å². The van der Waals surface area contributed by atoms with Gasteiger partial charge < -0.3 is 5.11 Å². The van der Waals surface area contributed by atoms with Crippen molar-refractivity contribution in [3.8, 4) is 0 Å². The standard InChI is InChI=1S/C10H15NO5S3/c1-8-7-17-9(6-12)10(8)19(15,16)11-2-4-18(13,14)5-3-11/h7,12H,2-6H2,1H3. The summed E-state index contributed by atoms with van der Waals surface area (Å²) in [5, 5.41) is 10.9. The van der Waals surface area contributed by atoms with E-state index < -0.39 is 19.9 Å². The van der Waals surface area contributed by atoms with Gasteiger partial charge in [0.05, 0.1) is 23.0 Å². The number of rotatable bonds is 3. The third kappa shape index (κ3) is 2.84. The molecule has 9 heteroatoms. The molecule has 0 unspecified atom stereocenters. The van der Waals surface area contributed by atoms with E-state index in [1.807, 2.05) is 0 Å². The van der Waals surface area contributed by atoms with Crippen molar-refractivity contribution in [2.45, 2.75) is 18.4 Å². The van der Waals surface area contributed by atoms with Crippen molar-refractivity contribution in [3.05, 3.63) is 15.8 Å². The van der Waals surface area contributed by atoms with Crippen LogP contribution in [0.25, 0.3) is 0 Å². The second-order valence-electron chi connectivity index (χ2n) is 4.39. The van der Waals surface area contributed by atoms with Crippen LogP contribution >= 0.6 is 11.3 Å². The Morgan fingerprint density at radius 1 is 1.37 bits per heavy atom. The van der Waals surface area contributed by atoms with E-state index in [9.17, 15) is 21.9 Å². The molecule has 1 saturated heterocycles. The summed E-state index contributed by atoms with van der Waals surface area (Å²) in [5.41, 5.74) is 0.586. The zero-order chi connectivity index (χ0) is 14.3. The van der Waals surface area contributed by atoms with Gasteiger partial charge in [-0.25, -0.2) is 16.8 Å². The maximum absolute atomic E-state index is 12.5. The van der Waals surface area contributed by atoms with Crippen LogP contribution in [-0.4, -0.2) is 50.8 Å². The van der Waals surface area contributed by atoms with Gasteiger partial charge in [0.2, 0.25) is 10.0 Å². The van der Waals surface area contributed by atoms with E-state index in [0.29, 0.717) is 10.4 Å². The first-order valence-electron chi connectivity index (χ1n) is 5.66. The molecule has 1 fully saturated rings. The minimum atomic E-state index is -3.72. The number of aliphatic hydroxyl groups excluding tert-OH is 1. The summed E-state index contributed by atoms with van der Waals surface area (Å²) in [6.07, 6.45) is 0. The summed E-state index contributed by atoms with van der Waals surface area (Å²) < 4.78 is 48.8. The number of thiophene rings is 1. The van der Waals surface area contributed by atoms with Gasteiger partial charge in [-0.1, -0.05) is 0 Å². The lowest BCUT2D eigenvalue weighted by Gasteiger charge is -2.26. The molecule has 1 aromatic rings. The molecule has 1 aliphatic heterocycles. The minimum absolute atomic E-state index is 0.0230. The third-order valence-corrected chi connectivity index (χ3v) is 7.99. The SMILES string of the molecule is Cc1csc(CO)c1S(=O)(=O)N1CCS(=O)(=O)CC1. The Labute approximate surface area is 116 Å². The van der Waals surface area contributed by atoms with Crippen LogP contribution in [-0.2, 0) is 26.5 Å².